The molecule has 4 rings (SSSR count). The Morgan fingerprint density at radius 3 is 2.33 bits per heavy atom. The van der Waals surface area contributed by atoms with E-state index in [0.717, 1.165) is 57.8 Å². The Morgan fingerprint density at radius 1 is 1.00 bits per heavy atom. The van der Waals surface area contributed by atoms with E-state index in [-0.39, 0.29) is 33.5 Å². The van der Waals surface area contributed by atoms with Gasteiger partial charge in [0, 0.05) is 11.8 Å². The molecule has 33 heavy (non-hydrogen) atoms. The van der Waals surface area contributed by atoms with Gasteiger partial charge in [0.15, 0.2) is 0 Å². The lowest BCUT2D eigenvalue weighted by Crippen LogP contribution is -2.54. The molecule has 0 aromatic heterocycles. The Morgan fingerprint density at radius 2 is 1.70 bits per heavy atom. The Kier molecular flexibility index (Phi) is 6.07. The summed E-state index contributed by atoms with van der Waals surface area (Å²) < 4.78 is 0. The number of Topliss-reactive ketones (excluding diaryl/α,β-unsaturated/α-hetero) is 1. The highest BCUT2D eigenvalue weighted by molar-refractivity contribution is 5.85. The quantitative estimate of drug-likeness (QED) is 0.432. The summed E-state index contributed by atoms with van der Waals surface area (Å²) in [5.74, 6) is 0.270. The Labute approximate surface area is 201 Å². The van der Waals surface area contributed by atoms with Crippen molar-refractivity contribution >= 4 is 11.8 Å². The molecule has 4 aliphatic rings. The van der Waals surface area contributed by atoms with Crippen LogP contribution in [0.1, 0.15) is 113 Å². The fourth-order valence-corrected chi connectivity index (χ4v) is 9.22. The third-order valence-corrected chi connectivity index (χ3v) is 11.4. The lowest BCUT2D eigenvalue weighted by molar-refractivity contribution is -0.146. The summed E-state index contributed by atoms with van der Waals surface area (Å²) in [4.78, 5) is 25.2. The van der Waals surface area contributed by atoms with E-state index in [1.807, 2.05) is 0 Å². The summed E-state index contributed by atoms with van der Waals surface area (Å²) >= 11 is 0. The van der Waals surface area contributed by atoms with Crippen LogP contribution in [-0.4, -0.2) is 16.9 Å². The minimum Gasteiger partial charge on any atom is -0.481 e. The van der Waals surface area contributed by atoms with Gasteiger partial charge in [-0.15, -0.1) is 0 Å². The first-order valence-corrected chi connectivity index (χ1v) is 13.4. The number of carboxylic acid groups (broad SMARTS) is 1. The van der Waals surface area contributed by atoms with Crippen LogP contribution in [0.4, 0.5) is 0 Å². The zero-order valence-corrected chi connectivity index (χ0v) is 22.1. The van der Waals surface area contributed by atoms with Gasteiger partial charge in [-0.05, 0) is 99.7 Å². The van der Waals surface area contributed by atoms with Gasteiger partial charge in [-0.2, -0.15) is 0 Å². The number of aliphatic carboxylic acids is 1. The zero-order chi connectivity index (χ0) is 24.4. The molecule has 0 radical (unpaired) electrons. The van der Waals surface area contributed by atoms with E-state index in [1.54, 1.807) is 11.1 Å². The molecule has 0 aliphatic heterocycles. The molecule has 2 fully saturated rings. The van der Waals surface area contributed by atoms with Crippen LogP contribution in [0.5, 0.6) is 0 Å². The van der Waals surface area contributed by atoms with Crippen molar-refractivity contribution in [1.29, 1.82) is 0 Å². The highest BCUT2D eigenvalue weighted by Crippen LogP contribution is 2.72. The molecule has 2 saturated carbocycles. The first-order valence-electron chi connectivity index (χ1n) is 13.4. The van der Waals surface area contributed by atoms with Crippen molar-refractivity contribution in [3.8, 4) is 0 Å². The normalized spacial score (nSPS) is 40.5. The minimum absolute atomic E-state index is 0.0447. The summed E-state index contributed by atoms with van der Waals surface area (Å²) in [7, 11) is 0. The summed E-state index contributed by atoms with van der Waals surface area (Å²) in [5, 5.41) is 10.2. The monoisotopic (exact) mass is 454 g/mol. The Balaban J connectivity index is 1.70. The number of carbonyl (C=O) groups excluding carboxylic acids is 1. The number of ketones is 1. The van der Waals surface area contributed by atoms with E-state index in [0.29, 0.717) is 18.1 Å². The summed E-state index contributed by atoms with van der Waals surface area (Å²) in [5.41, 5.74) is 4.63. The number of allylic oxidation sites excluding steroid dienone is 4. The molecule has 184 valence electrons. The topological polar surface area (TPSA) is 54.4 Å². The van der Waals surface area contributed by atoms with Gasteiger partial charge in [0.25, 0.3) is 0 Å². The molecule has 0 bridgehead atoms. The number of carbonyl (C=O) groups is 2. The third kappa shape index (κ3) is 3.50. The van der Waals surface area contributed by atoms with Crippen LogP contribution >= 0.6 is 0 Å². The lowest BCUT2D eigenvalue weighted by atomic mass is 9.43. The fraction of sp³-hybridized carbons (Fsp3) is 0.800. The van der Waals surface area contributed by atoms with E-state index in [4.69, 9.17) is 0 Å². The number of hydrogen-bond donors (Lipinski definition) is 1. The van der Waals surface area contributed by atoms with E-state index in [9.17, 15) is 14.7 Å². The summed E-state index contributed by atoms with van der Waals surface area (Å²) in [6.07, 6.45) is 12.0. The second-order valence-corrected chi connectivity index (χ2v) is 13.3. The molecule has 6 atom stereocenters. The molecule has 4 aliphatic carbocycles. The van der Waals surface area contributed by atoms with Gasteiger partial charge in [0.05, 0.1) is 5.92 Å². The first kappa shape index (κ1) is 24.7. The average molecular weight is 455 g/mol. The largest absolute Gasteiger partial charge is 0.481 e. The maximum Gasteiger partial charge on any atom is 0.306 e. The average Bonchev–Trinajstić information content (AvgIpc) is 3.00. The fourth-order valence-electron chi connectivity index (χ4n) is 9.22. The maximum atomic E-state index is 12.8. The SMILES string of the molecule is CC(C)=CCC[C@H](C(=O)O)[C@@H]1CC[C@]2(C)C3=C(CC[C@]12C)[C@]1(C)CCC(=O)C(C)(C)[C@H]1CC3. The van der Waals surface area contributed by atoms with Crippen molar-refractivity contribution in [2.75, 3.05) is 0 Å². The predicted molar refractivity (Wildman–Crippen MR) is 134 cm³/mol. The van der Waals surface area contributed by atoms with E-state index < -0.39 is 5.97 Å². The highest BCUT2D eigenvalue weighted by atomic mass is 16.4. The van der Waals surface area contributed by atoms with Crippen LogP contribution in [-0.2, 0) is 9.59 Å². The van der Waals surface area contributed by atoms with Crippen molar-refractivity contribution in [2.24, 2.45) is 39.4 Å². The van der Waals surface area contributed by atoms with Crippen LogP contribution in [0.15, 0.2) is 22.8 Å². The van der Waals surface area contributed by atoms with Crippen molar-refractivity contribution in [2.45, 2.75) is 113 Å². The Bertz CT molecular complexity index is 904. The molecular weight excluding hydrogens is 408 g/mol. The number of fused-ring (bicyclic) bond motifs is 4. The minimum atomic E-state index is -0.601. The number of rotatable bonds is 5. The van der Waals surface area contributed by atoms with Gasteiger partial charge in [0.2, 0.25) is 0 Å². The van der Waals surface area contributed by atoms with E-state index in [2.05, 4.69) is 54.5 Å². The molecular formula is C30H46O3. The van der Waals surface area contributed by atoms with Gasteiger partial charge in [0.1, 0.15) is 5.78 Å². The second kappa shape index (κ2) is 8.09. The van der Waals surface area contributed by atoms with E-state index in [1.165, 1.54) is 5.57 Å². The third-order valence-electron chi connectivity index (χ3n) is 11.4. The van der Waals surface area contributed by atoms with Gasteiger partial charge in [-0.1, -0.05) is 57.4 Å². The van der Waals surface area contributed by atoms with Crippen LogP contribution in [0.2, 0.25) is 0 Å². The lowest BCUT2D eigenvalue weighted by Gasteiger charge is -2.60. The molecule has 3 heteroatoms. The molecule has 0 heterocycles. The van der Waals surface area contributed by atoms with Crippen molar-refractivity contribution in [1.82, 2.24) is 0 Å². The number of carboxylic acids is 1. The predicted octanol–water partition coefficient (Wildman–Crippen LogP) is 7.75. The first-order chi connectivity index (χ1) is 15.3. The van der Waals surface area contributed by atoms with Crippen molar-refractivity contribution in [3.05, 3.63) is 22.8 Å². The van der Waals surface area contributed by atoms with E-state index >= 15 is 0 Å². The number of hydrogen-bond acceptors (Lipinski definition) is 2. The standard InChI is InChI=1S/C30H46O3/c1-19(2)9-8-10-20(26(32)33)21-13-17-30(7)23-11-12-24-27(3,4)25(31)15-16-28(24,5)22(23)14-18-29(21,30)6/h9,20-21,24H,8,10-18H2,1-7H3,(H,32,33)/t20-,21-,24+,28-,29+,30+/m0/s1. The smallest absolute Gasteiger partial charge is 0.306 e. The van der Waals surface area contributed by atoms with Crippen molar-refractivity contribution < 1.29 is 14.7 Å². The zero-order valence-electron chi connectivity index (χ0n) is 22.1. The molecule has 0 aromatic carbocycles. The molecule has 1 N–H and O–H groups in total. The maximum absolute atomic E-state index is 12.8. The van der Waals surface area contributed by atoms with Crippen LogP contribution in [0.25, 0.3) is 0 Å². The van der Waals surface area contributed by atoms with Gasteiger partial charge < -0.3 is 5.11 Å². The van der Waals surface area contributed by atoms with Crippen LogP contribution in [0.3, 0.4) is 0 Å². The molecule has 0 amide bonds. The highest BCUT2D eigenvalue weighted by Gasteiger charge is 2.64. The molecule has 0 unspecified atom stereocenters. The van der Waals surface area contributed by atoms with Crippen molar-refractivity contribution in [3.63, 3.8) is 0 Å². The van der Waals surface area contributed by atoms with Gasteiger partial charge in [-0.25, -0.2) is 0 Å². The van der Waals surface area contributed by atoms with Gasteiger partial charge in [-0.3, -0.25) is 9.59 Å². The van der Waals surface area contributed by atoms with Gasteiger partial charge >= 0.3 is 5.97 Å². The molecule has 0 spiro atoms. The van der Waals surface area contributed by atoms with Crippen LogP contribution < -0.4 is 0 Å². The summed E-state index contributed by atoms with van der Waals surface area (Å²) in [6.45, 7) is 15.9. The second-order valence-electron chi connectivity index (χ2n) is 13.3. The molecule has 0 aromatic rings. The molecule has 0 saturated heterocycles. The molecule has 3 nitrogen and oxygen atoms in total. The Hall–Kier alpha value is -1.38. The van der Waals surface area contributed by atoms with Crippen LogP contribution in [0, 0.1) is 39.4 Å². The summed E-state index contributed by atoms with van der Waals surface area (Å²) in [6, 6.07) is 0.